The van der Waals surface area contributed by atoms with E-state index in [0.717, 1.165) is 50.2 Å². The Morgan fingerprint density at radius 1 is 1.06 bits per heavy atom. The summed E-state index contributed by atoms with van der Waals surface area (Å²) in [5, 5.41) is 3.37. The zero-order valence-electron chi connectivity index (χ0n) is 21.2. The molecule has 3 aromatic rings. The van der Waals surface area contributed by atoms with Crippen molar-refractivity contribution in [2.45, 2.75) is 63.2 Å². The molecule has 0 radical (unpaired) electrons. The first kappa shape index (κ1) is 23.6. The molecular weight excluding hydrogens is 453 g/mol. The summed E-state index contributed by atoms with van der Waals surface area (Å²) >= 11 is 0. The Morgan fingerprint density at radius 3 is 2.47 bits per heavy atom. The van der Waals surface area contributed by atoms with E-state index in [-0.39, 0.29) is 23.7 Å². The number of para-hydroxylation sites is 1. The number of aryl methyl sites for hydroxylation is 1. The van der Waals surface area contributed by atoms with E-state index in [4.69, 9.17) is 0 Å². The molecular formula is C29H36FN5O. The number of aromatic nitrogens is 2. The van der Waals surface area contributed by atoms with Gasteiger partial charge in [0.15, 0.2) is 5.82 Å². The number of amides is 1. The summed E-state index contributed by atoms with van der Waals surface area (Å²) in [7, 11) is 2.06. The van der Waals surface area contributed by atoms with E-state index in [1.807, 2.05) is 19.1 Å². The molecule has 2 aromatic carbocycles. The van der Waals surface area contributed by atoms with Crippen molar-refractivity contribution in [3.05, 3.63) is 65.7 Å². The molecule has 1 amide bonds. The van der Waals surface area contributed by atoms with Crippen LogP contribution in [0.15, 0.2) is 48.5 Å². The van der Waals surface area contributed by atoms with E-state index >= 15 is 0 Å². The Morgan fingerprint density at radius 2 is 1.78 bits per heavy atom. The van der Waals surface area contributed by atoms with Crippen LogP contribution >= 0.6 is 0 Å². The number of hydrogen-bond donors (Lipinski definition) is 1. The molecule has 190 valence electrons. The molecule has 0 aliphatic carbocycles. The standard InChI is InChI=1S/C29H36FN5O/c1-19-31-28-25(30)9-6-10-27(28)35(19)24-15-22-11-12-23(16-24)34(22)14-13-26(20-7-4-3-5-8-20)32-29(36)21-17-33(2)18-21/h3-10,21-24,26H,11-18H2,1-2H3,(H,32,36)/t22-,23+,24-,26-/m0/s1. The highest BCUT2D eigenvalue weighted by Crippen LogP contribution is 2.43. The van der Waals surface area contributed by atoms with Crippen molar-refractivity contribution in [1.82, 2.24) is 24.7 Å². The van der Waals surface area contributed by atoms with E-state index in [0.29, 0.717) is 23.6 Å². The predicted octanol–water partition coefficient (Wildman–Crippen LogP) is 4.46. The van der Waals surface area contributed by atoms with Crippen molar-refractivity contribution >= 4 is 16.9 Å². The quantitative estimate of drug-likeness (QED) is 0.533. The number of nitrogens with one attached hydrogen (secondary N) is 1. The summed E-state index contributed by atoms with van der Waals surface area (Å²) in [6.45, 7) is 4.67. The maximum absolute atomic E-state index is 14.4. The minimum atomic E-state index is -0.239. The molecule has 3 saturated heterocycles. The average Bonchev–Trinajstić information content (AvgIpc) is 3.32. The number of hydrogen-bond acceptors (Lipinski definition) is 4. The van der Waals surface area contributed by atoms with Gasteiger partial charge in [-0.2, -0.15) is 0 Å². The zero-order chi connectivity index (χ0) is 24.8. The molecule has 6 rings (SSSR count). The van der Waals surface area contributed by atoms with Gasteiger partial charge in [-0.15, -0.1) is 0 Å². The first-order chi connectivity index (χ1) is 17.5. The lowest BCUT2D eigenvalue weighted by Crippen LogP contribution is -2.52. The van der Waals surface area contributed by atoms with Crippen molar-refractivity contribution < 1.29 is 9.18 Å². The fourth-order valence-corrected chi connectivity index (χ4v) is 6.92. The van der Waals surface area contributed by atoms with Crippen molar-refractivity contribution in [3.63, 3.8) is 0 Å². The van der Waals surface area contributed by atoms with Crippen LogP contribution in [-0.2, 0) is 4.79 Å². The van der Waals surface area contributed by atoms with Crippen LogP contribution in [0.1, 0.15) is 55.6 Å². The van der Waals surface area contributed by atoms with E-state index in [9.17, 15) is 9.18 Å². The molecule has 7 heteroatoms. The third kappa shape index (κ3) is 4.33. The molecule has 4 atom stereocenters. The first-order valence-electron chi connectivity index (χ1n) is 13.4. The largest absolute Gasteiger partial charge is 0.349 e. The Bertz CT molecular complexity index is 1220. The maximum atomic E-state index is 14.4. The summed E-state index contributed by atoms with van der Waals surface area (Å²) < 4.78 is 16.6. The number of piperidine rings is 1. The van der Waals surface area contributed by atoms with Gasteiger partial charge in [-0.25, -0.2) is 9.37 Å². The molecule has 3 aliphatic heterocycles. The second-order valence-electron chi connectivity index (χ2n) is 11.1. The highest BCUT2D eigenvalue weighted by atomic mass is 19.1. The summed E-state index contributed by atoms with van der Waals surface area (Å²) in [5.74, 6) is 0.947. The van der Waals surface area contributed by atoms with Gasteiger partial charge in [0, 0.05) is 37.8 Å². The van der Waals surface area contributed by atoms with Gasteiger partial charge in [0.1, 0.15) is 11.3 Å². The minimum absolute atomic E-state index is 0.0320. The predicted molar refractivity (Wildman–Crippen MR) is 139 cm³/mol. The lowest BCUT2D eigenvalue weighted by atomic mass is 9.94. The van der Waals surface area contributed by atoms with Gasteiger partial charge in [0.2, 0.25) is 5.91 Å². The van der Waals surface area contributed by atoms with Crippen LogP contribution in [-0.4, -0.2) is 64.0 Å². The Hall–Kier alpha value is -2.77. The van der Waals surface area contributed by atoms with Crippen molar-refractivity contribution in [2.75, 3.05) is 26.7 Å². The molecule has 4 heterocycles. The van der Waals surface area contributed by atoms with Crippen molar-refractivity contribution in [1.29, 1.82) is 0 Å². The Labute approximate surface area is 212 Å². The molecule has 3 aliphatic rings. The fraction of sp³-hybridized carbons (Fsp3) is 0.517. The number of imidazole rings is 1. The van der Waals surface area contributed by atoms with Crippen LogP contribution in [0.2, 0.25) is 0 Å². The van der Waals surface area contributed by atoms with Crippen molar-refractivity contribution in [3.8, 4) is 0 Å². The van der Waals surface area contributed by atoms with E-state index in [2.05, 4.69) is 56.0 Å². The molecule has 3 fully saturated rings. The third-order valence-electron chi connectivity index (χ3n) is 8.70. The molecule has 1 aromatic heterocycles. The summed E-state index contributed by atoms with van der Waals surface area (Å²) in [4.78, 5) is 22.3. The van der Waals surface area contributed by atoms with Gasteiger partial charge in [0.05, 0.1) is 17.5 Å². The number of nitrogens with zero attached hydrogens (tertiary/aromatic N) is 4. The third-order valence-corrected chi connectivity index (χ3v) is 8.70. The maximum Gasteiger partial charge on any atom is 0.226 e. The van der Waals surface area contributed by atoms with Crippen LogP contribution < -0.4 is 5.32 Å². The normalized spacial score (nSPS) is 25.7. The van der Waals surface area contributed by atoms with Gasteiger partial charge in [-0.3, -0.25) is 9.69 Å². The van der Waals surface area contributed by atoms with Gasteiger partial charge in [-0.05, 0) is 63.8 Å². The lowest BCUT2D eigenvalue weighted by Gasteiger charge is -2.41. The van der Waals surface area contributed by atoms with Crippen LogP contribution in [0.25, 0.3) is 11.0 Å². The smallest absolute Gasteiger partial charge is 0.226 e. The fourth-order valence-electron chi connectivity index (χ4n) is 6.92. The van der Waals surface area contributed by atoms with E-state index in [1.54, 1.807) is 6.07 Å². The SMILES string of the molecule is Cc1nc2c(F)cccc2n1[C@@H]1C[C@H]2CC[C@@H](C1)N2CC[C@H](NC(=O)C1CN(C)C1)c1ccccc1. The second kappa shape index (κ2) is 9.60. The molecule has 0 unspecified atom stereocenters. The van der Waals surface area contributed by atoms with E-state index < -0.39 is 0 Å². The molecule has 2 bridgehead atoms. The molecule has 36 heavy (non-hydrogen) atoms. The number of fused-ring (bicyclic) bond motifs is 3. The van der Waals surface area contributed by atoms with Gasteiger partial charge in [0.25, 0.3) is 0 Å². The Kier molecular flexibility index (Phi) is 6.30. The van der Waals surface area contributed by atoms with Crippen LogP contribution in [0.3, 0.4) is 0 Å². The number of likely N-dealkylation sites (tertiary alicyclic amines) is 1. The number of carbonyl (C=O) groups excluding carboxylic acids is 1. The van der Waals surface area contributed by atoms with Gasteiger partial charge < -0.3 is 14.8 Å². The summed E-state index contributed by atoms with van der Waals surface area (Å²) in [6, 6.07) is 17.1. The number of rotatable bonds is 7. The van der Waals surface area contributed by atoms with Crippen LogP contribution in [0.5, 0.6) is 0 Å². The van der Waals surface area contributed by atoms with Crippen LogP contribution in [0.4, 0.5) is 4.39 Å². The first-order valence-corrected chi connectivity index (χ1v) is 13.4. The number of carbonyl (C=O) groups is 1. The van der Waals surface area contributed by atoms with Crippen molar-refractivity contribution in [2.24, 2.45) is 5.92 Å². The lowest BCUT2D eigenvalue weighted by molar-refractivity contribution is -0.130. The van der Waals surface area contributed by atoms with Crippen LogP contribution in [0, 0.1) is 18.7 Å². The topological polar surface area (TPSA) is 53.4 Å². The monoisotopic (exact) mass is 489 g/mol. The molecule has 6 nitrogen and oxygen atoms in total. The summed E-state index contributed by atoms with van der Waals surface area (Å²) in [5.41, 5.74) is 2.59. The van der Waals surface area contributed by atoms with Gasteiger partial charge >= 0.3 is 0 Å². The Balaban J connectivity index is 1.15. The number of halogens is 1. The molecule has 0 spiro atoms. The summed E-state index contributed by atoms with van der Waals surface area (Å²) in [6.07, 6.45) is 5.45. The number of benzene rings is 2. The minimum Gasteiger partial charge on any atom is -0.349 e. The highest BCUT2D eigenvalue weighted by Gasteiger charge is 2.42. The van der Waals surface area contributed by atoms with Gasteiger partial charge in [-0.1, -0.05) is 36.4 Å². The zero-order valence-corrected chi connectivity index (χ0v) is 21.2. The van der Waals surface area contributed by atoms with E-state index in [1.165, 1.54) is 24.5 Å². The molecule has 0 saturated carbocycles. The second-order valence-corrected chi connectivity index (χ2v) is 11.1. The average molecular weight is 490 g/mol. The molecule has 1 N–H and O–H groups in total. The highest BCUT2D eigenvalue weighted by molar-refractivity contribution is 5.80.